The first kappa shape index (κ1) is 13.3. The zero-order valence-corrected chi connectivity index (χ0v) is 13.1. The fraction of sp³-hybridized carbons (Fsp3) is 0.0909. The molecule has 0 fully saturated rings. The molecule has 0 atom stereocenters. The minimum absolute atomic E-state index is 0.0723. The van der Waals surface area contributed by atoms with Crippen LogP contribution in [0.1, 0.15) is 4.88 Å². The quantitative estimate of drug-likeness (QED) is 0.606. The molecular formula is C11H6Br2ClFOS. The van der Waals surface area contributed by atoms with Crippen LogP contribution in [0.2, 0.25) is 5.02 Å². The molecule has 0 unspecified atom stereocenters. The van der Waals surface area contributed by atoms with Crippen LogP contribution >= 0.6 is 54.8 Å². The molecule has 90 valence electrons. The normalized spacial score (nSPS) is 10.6. The lowest BCUT2D eigenvalue weighted by atomic mass is 10.3. The van der Waals surface area contributed by atoms with Gasteiger partial charge in [0.15, 0.2) is 0 Å². The summed E-state index contributed by atoms with van der Waals surface area (Å²) in [5.74, 6) is -0.0475. The molecule has 0 amide bonds. The second kappa shape index (κ2) is 5.69. The predicted molar refractivity (Wildman–Crippen MR) is 75.5 cm³/mol. The Bertz CT molecular complexity index is 544. The van der Waals surface area contributed by atoms with Crippen LogP contribution in [0.25, 0.3) is 0 Å². The van der Waals surface area contributed by atoms with E-state index in [1.165, 1.54) is 12.1 Å². The zero-order chi connectivity index (χ0) is 12.4. The van der Waals surface area contributed by atoms with E-state index in [0.717, 1.165) is 9.35 Å². The van der Waals surface area contributed by atoms with Crippen LogP contribution < -0.4 is 4.74 Å². The third-order valence-electron chi connectivity index (χ3n) is 1.97. The average molecular weight is 400 g/mol. The topological polar surface area (TPSA) is 9.23 Å². The van der Waals surface area contributed by atoms with Crippen molar-refractivity contribution in [2.45, 2.75) is 6.61 Å². The molecule has 0 saturated carbocycles. The van der Waals surface area contributed by atoms with E-state index in [0.29, 0.717) is 16.8 Å². The third kappa shape index (κ3) is 3.44. The van der Waals surface area contributed by atoms with Crippen LogP contribution in [-0.2, 0) is 6.61 Å². The Balaban J connectivity index is 2.11. The number of hydrogen-bond donors (Lipinski definition) is 0. The largest absolute Gasteiger partial charge is 0.487 e. The summed E-state index contributed by atoms with van der Waals surface area (Å²) in [5.41, 5.74) is 0. The third-order valence-corrected chi connectivity index (χ3v) is 4.55. The SMILES string of the molecule is Fc1cc(OCc2cc(Br)cs2)c(Br)cc1Cl. The van der Waals surface area contributed by atoms with Crippen molar-refractivity contribution in [1.82, 2.24) is 0 Å². The van der Waals surface area contributed by atoms with Gasteiger partial charge in [-0.15, -0.1) is 11.3 Å². The number of ether oxygens (including phenoxy) is 1. The summed E-state index contributed by atoms with van der Waals surface area (Å²) < 4.78 is 20.4. The molecule has 6 heteroatoms. The van der Waals surface area contributed by atoms with E-state index >= 15 is 0 Å². The molecule has 2 aromatic rings. The monoisotopic (exact) mass is 398 g/mol. The summed E-state index contributed by atoms with van der Waals surface area (Å²) in [7, 11) is 0. The Hall–Kier alpha value is -0.100. The molecule has 1 heterocycles. The first-order chi connectivity index (χ1) is 8.06. The van der Waals surface area contributed by atoms with E-state index in [1.54, 1.807) is 11.3 Å². The molecule has 0 aliphatic rings. The molecule has 1 aromatic heterocycles. The Kier molecular flexibility index (Phi) is 4.47. The maximum Gasteiger partial charge on any atom is 0.145 e. The first-order valence-electron chi connectivity index (χ1n) is 4.56. The van der Waals surface area contributed by atoms with Gasteiger partial charge < -0.3 is 4.74 Å². The summed E-state index contributed by atoms with van der Waals surface area (Å²) in [6.07, 6.45) is 0. The fourth-order valence-corrected chi connectivity index (χ4v) is 3.31. The maximum atomic E-state index is 13.3. The van der Waals surface area contributed by atoms with Crippen molar-refractivity contribution < 1.29 is 9.13 Å². The van der Waals surface area contributed by atoms with E-state index < -0.39 is 5.82 Å². The lowest BCUT2D eigenvalue weighted by Crippen LogP contribution is -1.94. The van der Waals surface area contributed by atoms with Crippen molar-refractivity contribution >= 4 is 54.8 Å². The van der Waals surface area contributed by atoms with Crippen molar-refractivity contribution in [3.05, 3.63) is 48.2 Å². The van der Waals surface area contributed by atoms with Gasteiger partial charge in [-0.2, -0.15) is 0 Å². The van der Waals surface area contributed by atoms with Crippen molar-refractivity contribution in [2.24, 2.45) is 0 Å². The van der Waals surface area contributed by atoms with E-state index in [4.69, 9.17) is 16.3 Å². The molecule has 0 aliphatic carbocycles. The van der Waals surface area contributed by atoms with Gasteiger partial charge in [0.1, 0.15) is 18.2 Å². The Morgan fingerprint density at radius 1 is 1.29 bits per heavy atom. The first-order valence-corrected chi connectivity index (χ1v) is 7.41. The molecule has 0 bridgehead atoms. The highest BCUT2D eigenvalue weighted by Gasteiger charge is 2.08. The highest BCUT2D eigenvalue weighted by atomic mass is 79.9. The molecule has 0 N–H and O–H groups in total. The highest BCUT2D eigenvalue weighted by Crippen LogP contribution is 2.31. The molecule has 0 spiro atoms. The number of rotatable bonds is 3. The molecule has 0 saturated heterocycles. The highest BCUT2D eigenvalue weighted by molar-refractivity contribution is 9.10. The van der Waals surface area contributed by atoms with Gasteiger partial charge in [0.2, 0.25) is 0 Å². The van der Waals surface area contributed by atoms with Crippen LogP contribution in [0, 0.1) is 5.82 Å². The molecule has 2 rings (SSSR count). The molecule has 17 heavy (non-hydrogen) atoms. The van der Waals surface area contributed by atoms with Crippen molar-refractivity contribution in [3.8, 4) is 5.75 Å². The standard InChI is InChI=1S/C11H6Br2ClFOS/c12-6-1-7(17-5-6)4-16-11-3-10(15)9(14)2-8(11)13/h1-3,5H,4H2. The second-order valence-electron chi connectivity index (χ2n) is 3.22. The second-order valence-corrected chi connectivity index (χ2v) is 6.39. The van der Waals surface area contributed by atoms with Gasteiger partial charge in [-0.3, -0.25) is 0 Å². The van der Waals surface area contributed by atoms with Gasteiger partial charge in [-0.05, 0) is 44.0 Å². The summed E-state index contributed by atoms with van der Waals surface area (Å²) in [5, 5.41) is 2.04. The number of benzene rings is 1. The minimum atomic E-state index is -0.489. The lowest BCUT2D eigenvalue weighted by molar-refractivity contribution is 0.306. The molecule has 0 aliphatic heterocycles. The maximum absolute atomic E-state index is 13.3. The van der Waals surface area contributed by atoms with Crippen molar-refractivity contribution in [3.63, 3.8) is 0 Å². The Morgan fingerprint density at radius 3 is 2.71 bits per heavy atom. The summed E-state index contributed by atoms with van der Waals surface area (Å²) in [6, 6.07) is 4.72. The number of hydrogen-bond acceptors (Lipinski definition) is 2. The van der Waals surface area contributed by atoms with Gasteiger partial charge in [0.25, 0.3) is 0 Å². The zero-order valence-electron chi connectivity index (χ0n) is 8.34. The van der Waals surface area contributed by atoms with Crippen LogP contribution in [-0.4, -0.2) is 0 Å². The van der Waals surface area contributed by atoms with Gasteiger partial charge >= 0.3 is 0 Å². The lowest BCUT2D eigenvalue weighted by Gasteiger charge is -2.07. The Labute approximate surface area is 124 Å². The van der Waals surface area contributed by atoms with E-state index in [9.17, 15) is 4.39 Å². The van der Waals surface area contributed by atoms with Gasteiger partial charge in [-0.25, -0.2) is 4.39 Å². The molecular weight excluding hydrogens is 394 g/mol. The summed E-state index contributed by atoms with van der Waals surface area (Å²) in [4.78, 5) is 1.05. The van der Waals surface area contributed by atoms with Crippen molar-refractivity contribution in [1.29, 1.82) is 0 Å². The Morgan fingerprint density at radius 2 is 2.06 bits per heavy atom. The summed E-state index contributed by atoms with van der Waals surface area (Å²) in [6.45, 7) is 0.399. The van der Waals surface area contributed by atoms with Crippen LogP contribution in [0.5, 0.6) is 5.75 Å². The van der Waals surface area contributed by atoms with Crippen LogP contribution in [0.3, 0.4) is 0 Å². The molecule has 1 aromatic carbocycles. The fourth-order valence-electron chi connectivity index (χ4n) is 1.19. The predicted octanol–water partition coefficient (Wildman–Crippen LogP) is 5.64. The molecule has 0 radical (unpaired) electrons. The van der Waals surface area contributed by atoms with Crippen molar-refractivity contribution in [2.75, 3.05) is 0 Å². The molecule has 1 nitrogen and oxygen atoms in total. The van der Waals surface area contributed by atoms with E-state index in [-0.39, 0.29) is 5.02 Å². The minimum Gasteiger partial charge on any atom is -0.487 e. The van der Waals surface area contributed by atoms with Gasteiger partial charge in [-0.1, -0.05) is 11.6 Å². The van der Waals surface area contributed by atoms with Gasteiger partial charge in [0.05, 0.1) is 9.50 Å². The number of thiophene rings is 1. The average Bonchev–Trinajstić information content (AvgIpc) is 2.68. The van der Waals surface area contributed by atoms with E-state index in [2.05, 4.69) is 31.9 Å². The number of halogens is 4. The van der Waals surface area contributed by atoms with Crippen LogP contribution in [0.4, 0.5) is 4.39 Å². The van der Waals surface area contributed by atoms with Gasteiger partial charge in [0, 0.05) is 20.8 Å². The van der Waals surface area contributed by atoms with E-state index in [1.807, 2.05) is 11.4 Å². The smallest absolute Gasteiger partial charge is 0.145 e. The van der Waals surface area contributed by atoms with Crippen LogP contribution in [0.15, 0.2) is 32.5 Å². The summed E-state index contributed by atoms with van der Waals surface area (Å²) >= 11 is 13.9.